The van der Waals surface area contributed by atoms with E-state index in [2.05, 4.69) is 16.9 Å². The van der Waals surface area contributed by atoms with Crippen LogP contribution in [0.2, 0.25) is 0 Å². The zero-order chi connectivity index (χ0) is 17.1. The Morgan fingerprint density at radius 3 is 3.04 bits per heavy atom. The van der Waals surface area contributed by atoms with Gasteiger partial charge in [0.1, 0.15) is 10.6 Å². The van der Waals surface area contributed by atoms with Crippen LogP contribution in [0, 0.1) is 0 Å². The van der Waals surface area contributed by atoms with Crippen LogP contribution in [0.5, 0.6) is 0 Å². The topological polar surface area (TPSA) is 87.3 Å². The molecule has 2 aromatic heterocycles. The number of hydrogen-bond acceptors (Lipinski definition) is 8. The van der Waals surface area contributed by atoms with Crippen LogP contribution in [0.3, 0.4) is 0 Å². The Hall–Kier alpha value is -1.38. The molecule has 1 atom stereocenters. The van der Waals surface area contributed by atoms with Gasteiger partial charge in [-0.25, -0.2) is 9.97 Å². The lowest BCUT2D eigenvalue weighted by molar-refractivity contribution is -0.139. The van der Waals surface area contributed by atoms with Crippen LogP contribution in [-0.2, 0) is 27.3 Å². The van der Waals surface area contributed by atoms with Crippen molar-refractivity contribution in [3.8, 4) is 0 Å². The van der Waals surface area contributed by atoms with Crippen molar-refractivity contribution in [2.75, 3.05) is 18.1 Å². The van der Waals surface area contributed by atoms with Gasteiger partial charge in [-0.15, -0.1) is 11.3 Å². The minimum Gasteiger partial charge on any atom is -0.465 e. The first-order chi connectivity index (χ1) is 11.6. The van der Waals surface area contributed by atoms with E-state index in [1.165, 1.54) is 22.2 Å². The van der Waals surface area contributed by atoms with E-state index in [0.717, 1.165) is 29.5 Å². The van der Waals surface area contributed by atoms with Gasteiger partial charge in [-0.05, 0) is 18.9 Å². The molecule has 1 aliphatic heterocycles. The molecule has 0 radical (unpaired) electrons. The number of ether oxygens (including phenoxy) is 2. The highest BCUT2D eigenvalue weighted by atomic mass is 32.2. The molecule has 0 saturated carbocycles. The van der Waals surface area contributed by atoms with Crippen LogP contribution in [0.15, 0.2) is 5.16 Å². The molecule has 2 aromatic rings. The molecular weight excluding hydrogens is 346 g/mol. The molecule has 3 heterocycles. The predicted molar refractivity (Wildman–Crippen MR) is 96.4 cm³/mol. The molecule has 0 fully saturated rings. The fourth-order valence-corrected chi connectivity index (χ4v) is 4.66. The summed E-state index contributed by atoms with van der Waals surface area (Å²) in [5, 5.41) is 1.47. The average Bonchev–Trinajstić information content (AvgIpc) is 2.91. The Bertz CT molecular complexity index is 748. The van der Waals surface area contributed by atoms with Gasteiger partial charge in [0, 0.05) is 11.3 Å². The van der Waals surface area contributed by atoms with Crippen molar-refractivity contribution in [3.05, 3.63) is 10.4 Å². The van der Waals surface area contributed by atoms with Gasteiger partial charge < -0.3 is 15.2 Å². The van der Waals surface area contributed by atoms with E-state index in [1.54, 1.807) is 18.3 Å². The molecule has 2 N–H and O–H groups in total. The number of thiophene rings is 1. The van der Waals surface area contributed by atoms with Gasteiger partial charge in [0.05, 0.1) is 30.5 Å². The molecule has 130 valence electrons. The monoisotopic (exact) mass is 367 g/mol. The Balaban J connectivity index is 1.84. The van der Waals surface area contributed by atoms with E-state index < -0.39 is 0 Å². The molecule has 0 aliphatic carbocycles. The number of nitrogen functional groups attached to an aromatic ring is 1. The quantitative estimate of drug-likeness (QED) is 0.476. The normalized spacial score (nSPS) is 17.0. The van der Waals surface area contributed by atoms with E-state index >= 15 is 0 Å². The second-order valence-corrected chi connectivity index (χ2v) is 7.62. The number of rotatable bonds is 6. The third-order valence-corrected chi connectivity index (χ3v) is 5.78. The van der Waals surface area contributed by atoms with Crippen LogP contribution in [0.25, 0.3) is 10.2 Å². The minimum atomic E-state index is -0.272. The molecule has 0 bridgehead atoms. The number of carbonyl (C=O) groups is 1. The summed E-state index contributed by atoms with van der Waals surface area (Å²) in [5.74, 6) is 0.401. The Morgan fingerprint density at radius 1 is 1.46 bits per heavy atom. The summed E-state index contributed by atoms with van der Waals surface area (Å²) in [7, 11) is 0. The highest BCUT2D eigenvalue weighted by Gasteiger charge is 2.25. The second-order valence-electron chi connectivity index (χ2n) is 5.59. The lowest BCUT2D eigenvalue weighted by Crippen LogP contribution is -2.21. The second kappa shape index (κ2) is 7.67. The Labute approximate surface area is 149 Å². The summed E-state index contributed by atoms with van der Waals surface area (Å²) < 4.78 is 10.8. The number of aromatic nitrogens is 2. The average molecular weight is 367 g/mol. The fraction of sp³-hybridized carbons (Fsp3) is 0.562. The number of thioether (sulfide) groups is 1. The molecule has 24 heavy (non-hydrogen) atoms. The highest BCUT2D eigenvalue weighted by Crippen LogP contribution is 2.38. The first-order valence-corrected chi connectivity index (χ1v) is 9.90. The minimum absolute atomic E-state index is 0.186. The summed E-state index contributed by atoms with van der Waals surface area (Å²) >= 11 is 2.86. The van der Waals surface area contributed by atoms with Crippen LogP contribution in [0.4, 0.5) is 5.82 Å². The van der Waals surface area contributed by atoms with E-state index in [4.69, 9.17) is 15.2 Å². The molecule has 0 saturated heterocycles. The molecule has 0 aromatic carbocycles. The molecule has 0 amide bonds. The number of nitrogens with zero attached hydrogens (tertiary/aromatic N) is 2. The van der Waals surface area contributed by atoms with Gasteiger partial charge in [-0.1, -0.05) is 25.1 Å². The fourth-order valence-electron chi connectivity index (χ4n) is 2.82. The number of nitrogens with two attached hydrogens (primary N) is 1. The molecular formula is C16H21N3O3S2. The first kappa shape index (κ1) is 17.4. The van der Waals surface area contributed by atoms with Gasteiger partial charge in [0.15, 0.2) is 5.16 Å². The van der Waals surface area contributed by atoms with Crippen molar-refractivity contribution in [1.82, 2.24) is 9.97 Å². The van der Waals surface area contributed by atoms with Gasteiger partial charge in [-0.2, -0.15) is 0 Å². The maximum atomic E-state index is 11.5. The molecule has 0 unspecified atom stereocenters. The third kappa shape index (κ3) is 3.65. The van der Waals surface area contributed by atoms with Gasteiger partial charge in [0.2, 0.25) is 0 Å². The largest absolute Gasteiger partial charge is 0.465 e. The zero-order valence-corrected chi connectivity index (χ0v) is 15.5. The number of anilines is 1. The number of hydrogen-bond donors (Lipinski definition) is 1. The van der Waals surface area contributed by atoms with Crippen LogP contribution in [-0.4, -0.2) is 34.4 Å². The lowest BCUT2D eigenvalue weighted by atomic mass is 10.0. The van der Waals surface area contributed by atoms with Gasteiger partial charge in [-0.3, -0.25) is 4.79 Å². The van der Waals surface area contributed by atoms with Crippen molar-refractivity contribution >= 4 is 45.1 Å². The molecule has 8 heteroatoms. The first-order valence-electron chi connectivity index (χ1n) is 8.10. The van der Waals surface area contributed by atoms with Crippen molar-refractivity contribution in [2.24, 2.45) is 0 Å². The van der Waals surface area contributed by atoms with Crippen molar-refractivity contribution < 1.29 is 14.3 Å². The SMILES string of the molecule is CCC[C@@H]1Cc2c(sc3nc(SCC(=O)OCC)nc(N)c23)CO1. The summed E-state index contributed by atoms with van der Waals surface area (Å²) in [6.45, 7) is 4.94. The van der Waals surface area contributed by atoms with E-state index in [-0.39, 0.29) is 17.8 Å². The predicted octanol–water partition coefficient (Wildman–Crippen LogP) is 3.17. The highest BCUT2D eigenvalue weighted by molar-refractivity contribution is 7.99. The van der Waals surface area contributed by atoms with Gasteiger partial charge in [0.25, 0.3) is 0 Å². The maximum Gasteiger partial charge on any atom is 0.316 e. The maximum absolute atomic E-state index is 11.5. The smallest absolute Gasteiger partial charge is 0.316 e. The van der Waals surface area contributed by atoms with E-state index in [1.807, 2.05) is 0 Å². The summed E-state index contributed by atoms with van der Waals surface area (Å²) in [6.07, 6.45) is 3.26. The summed E-state index contributed by atoms with van der Waals surface area (Å²) in [5.41, 5.74) is 7.43. The lowest BCUT2D eigenvalue weighted by Gasteiger charge is -2.22. The molecule has 1 aliphatic rings. The molecule has 6 nitrogen and oxygen atoms in total. The summed E-state index contributed by atoms with van der Waals surface area (Å²) in [4.78, 5) is 22.5. The third-order valence-electron chi connectivity index (χ3n) is 3.86. The number of carbonyl (C=O) groups excluding carboxylic acids is 1. The van der Waals surface area contributed by atoms with Crippen molar-refractivity contribution in [3.63, 3.8) is 0 Å². The zero-order valence-electron chi connectivity index (χ0n) is 13.8. The number of esters is 1. The standard InChI is InChI=1S/C16H21N3O3S2/c1-3-5-9-6-10-11(7-22-9)24-15-13(10)14(17)18-16(19-15)23-8-12(20)21-4-2/h9H,3-8H2,1-2H3,(H2,17,18,19)/t9-/m1/s1. The Morgan fingerprint density at radius 2 is 2.29 bits per heavy atom. The Kier molecular flexibility index (Phi) is 5.57. The van der Waals surface area contributed by atoms with E-state index in [0.29, 0.717) is 24.2 Å². The number of fused-ring (bicyclic) bond motifs is 3. The summed E-state index contributed by atoms with van der Waals surface area (Å²) in [6, 6.07) is 0. The van der Waals surface area contributed by atoms with Crippen molar-refractivity contribution in [1.29, 1.82) is 0 Å². The molecule has 3 rings (SSSR count). The van der Waals surface area contributed by atoms with Crippen LogP contribution < -0.4 is 5.73 Å². The van der Waals surface area contributed by atoms with Crippen molar-refractivity contribution in [2.45, 2.75) is 51.0 Å². The van der Waals surface area contributed by atoms with Gasteiger partial charge >= 0.3 is 5.97 Å². The van der Waals surface area contributed by atoms with Crippen LogP contribution in [0.1, 0.15) is 37.1 Å². The van der Waals surface area contributed by atoms with Crippen LogP contribution >= 0.6 is 23.1 Å². The van der Waals surface area contributed by atoms with E-state index in [9.17, 15) is 4.79 Å². The molecule has 0 spiro atoms.